The van der Waals surface area contributed by atoms with E-state index in [4.69, 9.17) is 0 Å². The smallest absolute Gasteiger partial charge is 0.244 e. The van der Waals surface area contributed by atoms with Crippen molar-refractivity contribution < 1.29 is 9.59 Å². The third-order valence-corrected chi connectivity index (χ3v) is 2.43. The lowest BCUT2D eigenvalue weighted by Gasteiger charge is -2.30. The van der Waals surface area contributed by atoms with Crippen LogP contribution in [0.5, 0.6) is 0 Å². The molecule has 1 aliphatic rings. The van der Waals surface area contributed by atoms with Crippen LogP contribution >= 0.6 is 12.6 Å². The van der Waals surface area contributed by atoms with E-state index >= 15 is 0 Å². The Labute approximate surface area is 82.9 Å². The van der Waals surface area contributed by atoms with Crippen LogP contribution < -0.4 is 10.6 Å². The van der Waals surface area contributed by atoms with E-state index in [9.17, 15) is 9.59 Å². The van der Waals surface area contributed by atoms with Crippen LogP contribution in [0.15, 0.2) is 0 Å². The maximum Gasteiger partial charge on any atom is 0.244 e. The first-order valence-electron chi connectivity index (χ1n) is 4.28. The third kappa shape index (κ3) is 2.15. The number of thiol groups is 1. The number of nitrogens with one attached hydrogen (secondary N) is 2. The molecule has 0 aliphatic carbocycles. The Hall–Kier alpha value is -0.710. The van der Waals surface area contributed by atoms with Crippen molar-refractivity contribution in [3.05, 3.63) is 0 Å². The van der Waals surface area contributed by atoms with E-state index in [-0.39, 0.29) is 17.7 Å². The minimum absolute atomic E-state index is 0.116. The summed E-state index contributed by atoms with van der Waals surface area (Å²) >= 11 is 3.97. The largest absolute Gasteiger partial charge is 0.342 e. The van der Waals surface area contributed by atoms with Crippen molar-refractivity contribution in [2.75, 3.05) is 5.75 Å². The molecule has 4 nitrogen and oxygen atoms in total. The molecular weight excluding hydrogens is 188 g/mol. The van der Waals surface area contributed by atoms with Gasteiger partial charge in [-0.3, -0.25) is 9.59 Å². The minimum atomic E-state index is -0.481. The van der Waals surface area contributed by atoms with E-state index in [0.717, 1.165) is 0 Å². The molecule has 0 aromatic carbocycles. The molecular formula is C8H14N2O2S. The second-order valence-electron chi connectivity index (χ2n) is 3.47. The topological polar surface area (TPSA) is 58.2 Å². The molecule has 0 unspecified atom stereocenters. The zero-order valence-corrected chi connectivity index (χ0v) is 8.60. The highest BCUT2D eigenvalue weighted by Gasteiger charge is 2.34. The highest BCUT2D eigenvalue weighted by Crippen LogP contribution is 2.07. The normalized spacial score (nSPS) is 28.6. The maximum atomic E-state index is 11.4. The van der Waals surface area contributed by atoms with Gasteiger partial charge in [-0.05, 0) is 5.92 Å². The lowest BCUT2D eigenvalue weighted by Crippen LogP contribution is -2.63. The van der Waals surface area contributed by atoms with E-state index in [1.54, 1.807) is 0 Å². The molecule has 0 aromatic heterocycles. The number of piperazine rings is 1. The van der Waals surface area contributed by atoms with Crippen molar-refractivity contribution in [3.8, 4) is 0 Å². The predicted molar refractivity (Wildman–Crippen MR) is 52.6 cm³/mol. The lowest BCUT2D eigenvalue weighted by molar-refractivity contribution is -0.137. The Morgan fingerprint density at radius 1 is 1.31 bits per heavy atom. The van der Waals surface area contributed by atoms with E-state index in [1.165, 1.54) is 0 Å². The number of carbonyl (C=O) groups excluding carboxylic acids is 2. The van der Waals surface area contributed by atoms with Gasteiger partial charge in [-0.1, -0.05) is 13.8 Å². The summed E-state index contributed by atoms with van der Waals surface area (Å²) in [6.07, 6.45) is 0. The molecule has 0 bridgehead atoms. The number of amides is 2. The van der Waals surface area contributed by atoms with Crippen LogP contribution in [0, 0.1) is 5.92 Å². The second-order valence-corrected chi connectivity index (χ2v) is 3.84. The molecule has 0 saturated carbocycles. The first-order valence-corrected chi connectivity index (χ1v) is 4.91. The summed E-state index contributed by atoms with van der Waals surface area (Å²) in [6, 6.07) is -0.880. The molecule has 13 heavy (non-hydrogen) atoms. The van der Waals surface area contributed by atoms with Crippen LogP contribution in [0.4, 0.5) is 0 Å². The van der Waals surface area contributed by atoms with Crippen LogP contribution in [-0.4, -0.2) is 29.7 Å². The van der Waals surface area contributed by atoms with Crippen molar-refractivity contribution in [3.63, 3.8) is 0 Å². The Morgan fingerprint density at radius 3 is 2.38 bits per heavy atom. The highest BCUT2D eigenvalue weighted by molar-refractivity contribution is 7.80. The van der Waals surface area contributed by atoms with Gasteiger partial charge in [0, 0.05) is 5.75 Å². The molecule has 1 heterocycles. The Kier molecular flexibility index (Phi) is 3.19. The molecule has 1 aliphatic heterocycles. The molecule has 1 saturated heterocycles. The van der Waals surface area contributed by atoms with Gasteiger partial charge in [0.05, 0.1) is 0 Å². The van der Waals surface area contributed by atoms with Gasteiger partial charge < -0.3 is 10.6 Å². The maximum absolute atomic E-state index is 11.4. The van der Waals surface area contributed by atoms with Crippen molar-refractivity contribution in [1.29, 1.82) is 0 Å². The monoisotopic (exact) mass is 202 g/mol. The van der Waals surface area contributed by atoms with Gasteiger partial charge in [0.25, 0.3) is 0 Å². The SMILES string of the molecule is CC(C)[C@@H]1NC(=O)[C@H](CS)NC1=O. The Bertz CT molecular complexity index is 230. The predicted octanol–water partition coefficient (Wildman–Crippen LogP) is -0.445. The minimum Gasteiger partial charge on any atom is -0.342 e. The first kappa shape index (κ1) is 10.4. The van der Waals surface area contributed by atoms with Crippen molar-refractivity contribution in [2.45, 2.75) is 25.9 Å². The fourth-order valence-electron chi connectivity index (χ4n) is 1.24. The van der Waals surface area contributed by atoms with Crippen molar-refractivity contribution >= 4 is 24.4 Å². The van der Waals surface area contributed by atoms with E-state index < -0.39 is 12.1 Å². The average molecular weight is 202 g/mol. The number of carbonyl (C=O) groups is 2. The Balaban J connectivity index is 2.67. The zero-order valence-electron chi connectivity index (χ0n) is 7.70. The van der Waals surface area contributed by atoms with E-state index in [2.05, 4.69) is 23.3 Å². The molecule has 2 atom stereocenters. The summed E-state index contributed by atoms with van der Waals surface area (Å²) in [7, 11) is 0. The summed E-state index contributed by atoms with van der Waals surface area (Å²) in [5.74, 6) is 0.189. The van der Waals surface area contributed by atoms with Crippen LogP contribution in [0.25, 0.3) is 0 Å². The summed E-state index contributed by atoms with van der Waals surface area (Å²) < 4.78 is 0. The first-order chi connectivity index (χ1) is 6.06. The van der Waals surface area contributed by atoms with Crippen LogP contribution in [0.3, 0.4) is 0 Å². The quantitative estimate of drug-likeness (QED) is 0.531. The van der Waals surface area contributed by atoms with Crippen LogP contribution in [0.1, 0.15) is 13.8 Å². The van der Waals surface area contributed by atoms with Crippen molar-refractivity contribution in [2.24, 2.45) is 5.92 Å². The van der Waals surface area contributed by atoms with Crippen molar-refractivity contribution in [1.82, 2.24) is 10.6 Å². The third-order valence-electron chi connectivity index (χ3n) is 2.06. The van der Waals surface area contributed by atoms with Crippen LogP contribution in [0.2, 0.25) is 0 Å². The van der Waals surface area contributed by atoms with Crippen LogP contribution in [-0.2, 0) is 9.59 Å². The molecule has 0 aromatic rings. The fourth-order valence-corrected chi connectivity index (χ4v) is 1.50. The summed E-state index contributed by atoms with van der Waals surface area (Å²) in [4.78, 5) is 22.7. The summed E-state index contributed by atoms with van der Waals surface area (Å²) in [6.45, 7) is 3.79. The van der Waals surface area contributed by atoms with E-state index in [1.807, 2.05) is 13.8 Å². The lowest BCUT2D eigenvalue weighted by atomic mass is 10.0. The molecule has 74 valence electrons. The molecule has 1 fully saturated rings. The highest BCUT2D eigenvalue weighted by atomic mass is 32.1. The second kappa shape index (κ2) is 4.00. The number of hydrogen-bond donors (Lipinski definition) is 3. The summed E-state index contributed by atoms with van der Waals surface area (Å²) in [5.41, 5.74) is 0. The molecule has 0 spiro atoms. The fraction of sp³-hybridized carbons (Fsp3) is 0.750. The van der Waals surface area contributed by atoms with Gasteiger partial charge in [-0.15, -0.1) is 0 Å². The molecule has 0 radical (unpaired) electrons. The van der Waals surface area contributed by atoms with Gasteiger partial charge >= 0.3 is 0 Å². The van der Waals surface area contributed by atoms with Gasteiger partial charge in [0.2, 0.25) is 11.8 Å². The van der Waals surface area contributed by atoms with Gasteiger partial charge in [0.1, 0.15) is 12.1 Å². The Morgan fingerprint density at radius 2 is 1.92 bits per heavy atom. The average Bonchev–Trinajstić information content (AvgIpc) is 2.07. The van der Waals surface area contributed by atoms with E-state index in [0.29, 0.717) is 5.75 Å². The molecule has 1 rings (SSSR count). The van der Waals surface area contributed by atoms with Gasteiger partial charge in [-0.2, -0.15) is 12.6 Å². The van der Waals surface area contributed by atoms with Gasteiger partial charge in [0.15, 0.2) is 0 Å². The van der Waals surface area contributed by atoms with Gasteiger partial charge in [-0.25, -0.2) is 0 Å². The number of rotatable bonds is 2. The molecule has 2 N–H and O–H groups in total. The summed E-state index contributed by atoms with van der Waals surface area (Å²) in [5, 5.41) is 5.29. The molecule has 5 heteroatoms. The molecule has 2 amide bonds. The number of hydrogen-bond acceptors (Lipinski definition) is 3. The standard InChI is InChI=1S/C8H14N2O2S/c1-4(2)6-8(12)9-5(3-13)7(11)10-6/h4-6,13H,3H2,1-2H3,(H,9,12)(H,10,11)/t5-,6-/m0/s1. The zero-order chi connectivity index (χ0) is 10.0.